The molecule has 0 saturated carbocycles. The number of hydrogen-bond acceptors (Lipinski definition) is 22. The fraction of sp³-hybridized carbons (Fsp3) is 0.526. The molecule has 14 N–H and O–H groups in total. The van der Waals surface area contributed by atoms with Gasteiger partial charge in [-0.1, -0.05) is 61.5 Å². The largest absolute Gasteiger partial charge is 1.00 e. The number of nitrogens with one attached hydrogen (secondary N) is 7. The van der Waals surface area contributed by atoms with Gasteiger partial charge in [0, 0.05) is 63.8 Å². The minimum Gasteiger partial charge on any atom is -0.716 e. The second-order valence-corrected chi connectivity index (χ2v) is 24.3. The van der Waals surface area contributed by atoms with Crippen LogP contribution in [0.4, 0.5) is 9.59 Å². The van der Waals surface area contributed by atoms with Gasteiger partial charge in [-0.2, -0.15) is 0 Å². The number of aromatic hydroxyl groups is 1. The Morgan fingerprint density at radius 2 is 1.34 bits per heavy atom. The second kappa shape index (κ2) is 30.7. The van der Waals surface area contributed by atoms with Crippen LogP contribution in [0.25, 0.3) is 11.1 Å². The quantitative estimate of drug-likeness (QED) is 0.0291. The van der Waals surface area contributed by atoms with E-state index >= 15 is 4.79 Å². The topological polar surface area (TPSA) is 471 Å². The number of fused-ring (bicyclic) bond motifs is 5. The third kappa shape index (κ3) is 18.5. The molecule has 3 aromatic carbocycles. The molecule has 3 saturated heterocycles. The average molecular weight is 1290 g/mol. The SMILES string of the molecule is C[C@@H](O)C1NC(=O)[C@H](NC(=O)OC(C)(C)C)C[C@@H](O)CNC(=O)[C@@H]2[C@@H](O)[C@@H](C)CN2C(=O)[C@H]([C@H](O)CC(=O)NCCNC(=O)OCC2c3ccccc3-c3ccccc32)NC(=O)[C@H]([C@H](O)Cc2ccc(O)c(OS(=O)(=O)[O-])c2)NC(=O)[C@@H]2C[C@@H](O)CN2C1=O.[Na+]. The fourth-order valence-corrected chi connectivity index (χ4v) is 11.3. The van der Waals surface area contributed by atoms with Crippen LogP contribution < -0.4 is 71.0 Å². The molecule has 4 aliphatic rings. The van der Waals surface area contributed by atoms with Gasteiger partial charge in [-0.15, -0.1) is 0 Å². The van der Waals surface area contributed by atoms with Crippen LogP contribution >= 0.6 is 0 Å². The van der Waals surface area contributed by atoms with E-state index in [1.54, 1.807) is 0 Å². The van der Waals surface area contributed by atoms with Crippen molar-refractivity contribution < 1.29 is 135 Å². The Morgan fingerprint density at radius 3 is 1.97 bits per heavy atom. The number of amides is 9. The Balaban J connectivity index is 0.0000129. The summed E-state index contributed by atoms with van der Waals surface area (Å²) in [7, 11) is -5.51. The molecule has 7 rings (SSSR count). The van der Waals surface area contributed by atoms with Gasteiger partial charge in [0.1, 0.15) is 48.5 Å². The maximum atomic E-state index is 15.0. The molecule has 1 unspecified atom stereocenters. The van der Waals surface area contributed by atoms with Gasteiger partial charge in [0.2, 0.25) is 41.4 Å². The number of aliphatic hydroxyl groups is 6. The summed E-state index contributed by atoms with van der Waals surface area (Å²) in [6.07, 6.45) is -16.4. The van der Waals surface area contributed by atoms with Crippen LogP contribution in [0.1, 0.15) is 76.5 Å². The number of nitrogens with zero attached hydrogens (tertiary/aromatic N) is 2. The van der Waals surface area contributed by atoms with E-state index in [9.17, 15) is 87.1 Å². The molecule has 9 amide bonds. The van der Waals surface area contributed by atoms with Crippen molar-refractivity contribution >= 4 is 63.9 Å². The number of carbonyl (C=O) groups excluding carboxylic acids is 9. The smallest absolute Gasteiger partial charge is 0.716 e. The molecule has 3 aliphatic heterocycles. The normalized spacial score (nSPS) is 25.6. The molecule has 0 aromatic heterocycles. The third-order valence-electron chi connectivity index (χ3n) is 15.2. The Labute approximate surface area is 539 Å². The zero-order valence-electron chi connectivity index (χ0n) is 50.1. The average Bonchev–Trinajstić information content (AvgIpc) is 1.63. The molecular weight excluding hydrogens is 1220 g/mol. The summed E-state index contributed by atoms with van der Waals surface area (Å²) < 4.78 is 49.7. The molecule has 1 aliphatic carbocycles. The first kappa shape index (κ1) is 71.8. The summed E-state index contributed by atoms with van der Waals surface area (Å²) >= 11 is 0. The van der Waals surface area contributed by atoms with Crippen molar-refractivity contribution in [3.05, 3.63) is 83.4 Å². The van der Waals surface area contributed by atoms with Gasteiger partial charge in [-0.05, 0) is 67.6 Å². The predicted molar refractivity (Wildman–Crippen MR) is 306 cm³/mol. The van der Waals surface area contributed by atoms with Crippen LogP contribution in [0.3, 0.4) is 0 Å². The van der Waals surface area contributed by atoms with Crippen LogP contribution in [-0.2, 0) is 59.9 Å². The molecule has 13 atom stereocenters. The summed E-state index contributed by atoms with van der Waals surface area (Å²) in [6.45, 7) is 4.60. The van der Waals surface area contributed by atoms with Crippen molar-refractivity contribution in [1.82, 2.24) is 47.0 Å². The van der Waals surface area contributed by atoms with Gasteiger partial charge in [0.25, 0.3) is 10.4 Å². The molecule has 90 heavy (non-hydrogen) atoms. The van der Waals surface area contributed by atoms with E-state index < -0.39 is 205 Å². The molecule has 0 radical (unpaired) electrons. The van der Waals surface area contributed by atoms with Crippen LogP contribution in [0.2, 0.25) is 0 Å². The molecule has 3 heterocycles. The minimum atomic E-state index is -5.51. The second-order valence-electron chi connectivity index (χ2n) is 23.3. The molecule has 3 fully saturated rings. The summed E-state index contributed by atoms with van der Waals surface area (Å²) in [5.74, 6) is -11.8. The number of carbonyl (C=O) groups is 9. The summed E-state index contributed by atoms with van der Waals surface area (Å²) in [5.41, 5.74) is 2.61. The van der Waals surface area contributed by atoms with Gasteiger partial charge in [-0.25, -0.2) is 18.0 Å². The Hall–Kier alpha value is -7.24. The number of phenols is 1. The number of hydrogen-bond donors (Lipinski definition) is 14. The first-order valence-corrected chi connectivity index (χ1v) is 29.8. The standard InChI is InChI=1S/C57H75N9O22S.Na/c1-27-24-66-47(48(27)74)52(78)60-23-30(68)20-37(61-56(82)87-57(3,4)5)49(75)62-44(28(2)67)53(79)65-25-31(69)21-38(65)50(76)63-45(40(71)18-29-14-15-39(70)42(19-29)88-89(83,84)85)51(77)64-46(54(66)80)41(72)22-43(73)58-16-17-59-55(81)86-26-36-34-12-8-6-10-32(34)33-11-7-9-13-35(33)36;/h6-15,19,27-28,30-31,36-38,40-41,44-48,67-72,74H,16-18,20-26H2,1-5H3,(H,58,73)(H,59,81)(H,60,78)(H,61,82)(H,62,75)(H,63,76)(H,64,77)(H,83,84,85);/q;+1/p-1/t27-,28+,30+,31+,37+,38-,40+,41+,44?,45-,46-,47-,48-;/m0./s1. The number of benzene rings is 3. The van der Waals surface area contributed by atoms with Crippen molar-refractivity contribution in [1.29, 1.82) is 0 Å². The van der Waals surface area contributed by atoms with Crippen molar-refractivity contribution in [2.24, 2.45) is 5.92 Å². The predicted octanol–water partition coefficient (Wildman–Crippen LogP) is -6.68. The van der Waals surface area contributed by atoms with E-state index in [0.717, 1.165) is 57.2 Å². The van der Waals surface area contributed by atoms with E-state index in [0.29, 0.717) is 0 Å². The van der Waals surface area contributed by atoms with Crippen molar-refractivity contribution in [2.75, 3.05) is 39.3 Å². The van der Waals surface area contributed by atoms with Crippen molar-refractivity contribution in [3.63, 3.8) is 0 Å². The molecule has 31 nitrogen and oxygen atoms in total. The minimum absolute atomic E-state index is 0. The number of β-amino-alcohol motifs (C(OH)–C–C–N with tert-alkyl or cyclic N) is 1. The first-order chi connectivity index (χ1) is 41.8. The summed E-state index contributed by atoms with van der Waals surface area (Å²) in [5, 5.41) is 95.2. The van der Waals surface area contributed by atoms with Crippen LogP contribution in [0.15, 0.2) is 66.7 Å². The first-order valence-electron chi connectivity index (χ1n) is 28.5. The van der Waals surface area contributed by atoms with Crippen molar-refractivity contribution in [3.8, 4) is 22.6 Å². The molecule has 33 heteroatoms. The maximum Gasteiger partial charge on any atom is 1.00 e. The van der Waals surface area contributed by atoms with Crippen LogP contribution in [0.5, 0.6) is 11.5 Å². The molecule has 0 spiro atoms. The Kier molecular flexibility index (Phi) is 24.5. The number of aliphatic hydroxyl groups excluding tert-OH is 6. The number of phenolic OH excluding ortho intramolecular Hbond substituents is 1. The third-order valence-corrected chi connectivity index (χ3v) is 15.6. The van der Waals surface area contributed by atoms with Gasteiger partial charge in [-0.3, -0.25) is 33.6 Å². The van der Waals surface area contributed by atoms with Crippen molar-refractivity contribution in [2.45, 2.75) is 145 Å². The molecular formula is C57H74N9NaO22S. The zero-order valence-corrected chi connectivity index (χ0v) is 52.9. The van der Waals surface area contributed by atoms with Gasteiger partial charge >= 0.3 is 41.7 Å². The summed E-state index contributed by atoms with van der Waals surface area (Å²) in [4.78, 5) is 128. The van der Waals surface area contributed by atoms with E-state index in [1.807, 2.05) is 48.5 Å². The van der Waals surface area contributed by atoms with Gasteiger partial charge < -0.3 is 101 Å². The summed E-state index contributed by atoms with van der Waals surface area (Å²) in [6, 6.07) is 5.88. The molecule has 3 aromatic rings. The zero-order chi connectivity index (χ0) is 65.4. The molecule has 0 bridgehead atoms. The Morgan fingerprint density at radius 1 is 0.744 bits per heavy atom. The molecule has 486 valence electrons. The van der Waals surface area contributed by atoms with E-state index in [4.69, 9.17) is 9.47 Å². The van der Waals surface area contributed by atoms with Gasteiger partial charge in [0.05, 0.1) is 43.0 Å². The van der Waals surface area contributed by atoms with E-state index in [2.05, 4.69) is 41.4 Å². The fourth-order valence-electron chi connectivity index (χ4n) is 11.0. The number of alkyl carbamates (subject to hydrolysis) is 2. The van der Waals surface area contributed by atoms with Crippen LogP contribution in [-0.4, -0.2) is 230 Å². The monoisotopic (exact) mass is 1290 g/mol. The maximum absolute atomic E-state index is 15.0. The number of ether oxygens (including phenoxy) is 2. The van der Waals surface area contributed by atoms with E-state index in [-0.39, 0.29) is 60.7 Å². The van der Waals surface area contributed by atoms with Gasteiger partial charge in [0.15, 0.2) is 11.5 Å². The number of rotatable bonds is 15. The van der Waals surface area contributed by atoms with E-state index in [1.165, 1.54) is 27.7 Å². The Bertz CT molecular complexity index is 3220. The van der Waals surface area contributed by atoms with Crippen LogP contribution in [0, 0.1) is 5.92 Å².